The Morgan fingerprint density at radius 2 is 2.06 bits per heavy atom. The summed E-state index contributed by atoms with van der Waals surface area (Å²) in [6.07, 6.45) is 3.43. The second kappa shape index (κ2) is 4.18. The summed E-state index contributed by atoms with van der Waals surface area (Å²) in [5, 5.41) is 0. The summed E-state index contributed by atoms with van der Waals surface area (Å²) in [5.74, 6) is 0.388. The van der Waals surface area contributed by atoms with Crippen LogP contribution < -0.4 is 5.73 Å². The average molecular weight is 215 g/mol. The normalized spacial score (nSPS) is 10.3. The van der Waals surface area contributed by atoms with E-state index in [0.717, 1.165) is 6.54 Å². The van der Waals surface area contributed by atoms with Crippen LogP contribution in [0.5, 0.6) is 0 Å². The number of ketones is 1. The first-order valence-corrected chi connectivity index (χ1v) is 5.13. The van der Waals surface area contributed by atoms with E-state index in [9.17, 15) is 4.79 Å². The van der Waals surface area contributed by atoms with Crippen molar-refractivity contribution in [2.45, 2.75) is 13.5 Å². The van der Waals surface area contributed by atoms with Gasteiger partial charge in [-0.3, -0.25) is 4.79 Å². The molecule has 4 heteroatoms. The molecule has 0 fully saturated rings. The van der Waals surface area contributed by atoms with E-state index in [1.165, 1.54) is 0 Å². The Bertz CT molecular complexity index is 499. The lowest BCUT2D eigenvalue weighted by Crippen LogP contribution is -2.10. The minimum atomic E-state index is -0.0770. The first-order valence-electron chi connectivity index (χ1n) is 5.13. The van der Waals surface area contributed by atoms with Crippen LogP contribution in [0.2, 0.25) is 0 Å². The molecule has 0 aliphatic heterocycles. The van der Waals surface area contributed by atoms with E-state index in [1.807, 2.05) is 11.5 Å². The summed E-state index contributed by atoms with van der Waals surface area (Å²) in [5.41, 5.74) is 6.82. The predicted molar refractivity (Wildman–Crippen MR) is 62.2 cm³/mol. The SMILES string of the molecule is CCn1ccnc1C(=O)c1ccc(N)cc1. The Labute approximate surface area is 93.7 Å². The molecule has 2 aromatic rings. The Hall–Kier alpha value is -2.10. The lowest BCUT2D eigenvalue weighted by Gasteiger charge is -2.03. The van der Waals surface area contributed by atoms with Crippen molar-refractivity contribution in [3.8, 4) is 0 Å². The average Bonchev–Trinajstić information content (AvgIpc) is 2.77. The van der Waals surface area contributed by atoms with Crippen LogP contribution >= 0.6 is 0 Å². The fourth-order valence-electron chi connectivity index (χ4n) is 1.54. The zero-order chi connectivity index (χ0) is 11.5. The highest BCUT2D eigenvalue weighted by molar-refractivity contribution is 6.06. The van der Waals surface area contributed by atoms with E-state index in [0.29, 0.717) is 17.1 Å². The fourth-order valence-corrected chi connectivity index (χ4v) is 1.54. The van der Waals surface area contributed by atoms with Gasteiger partial charge in [0, 0.05) is 30.2 Å². The van der Waals surface area contributed by atoms with Gasteiger partial charge in [0.15, 0.2) is 5.82 Å². The number of imidazole rings is 1. The van der Waals surface area contributed by atoms with Gasteiger partial charge in [-0.05, 0) is 31.2 Å². The third kappa shape index (κ3) is 1.82. The van der Waals surface area contributed by atoms with Crippen molar-refractivity contribution in [3.63, 3.8) is 0 Å². The van der Waals surface area contributed by atoms with Gasteiger partial charge in [0.25, 0.3) is 0 Å². The number of carbonyl (C=O) groups excluding carboxylic acids is 1. The number of aryl methyl sites for hydroxylation is 1. The number of rotatable bonds is 3. The number of nitrogen functional groups attached to an aromatic ring is 1. The van der Waals surface area contributed by atoms with Gasteiger partial charge in [0.1, 0.15) is 0 Å². The molecule has 0 unspecified atom stereocenters. The molecule has 0 aliphatic carbocycles. The van der Waals surface area contributed by atoms with Crippen LogP contribution in [0.1, 0.15) is 23.1 Å². The standard InChI is InChI=1S/C12H13N3O/c1-2-15-8-7-14-12(15)11(16)9-3-5-10(13)6-4-9/h3-8H,2,13H2,1H3. The maximum atomic E-state index is 12.1. The number of nitrogens with zero attached hydrogens (tertiary/aromatic N) is 2. The van der Waals surface area contributed by atoms with Crippen LogP contribution in [0.3, 0.4) is 0 Å². The maximum Gasteiger partial charge on any atom is 0.228 e. The fraction of sp³-hybridized carbons (Fsp3) is 0.167. The minimum absolute atomic E-state index is 0.0770. The zero-order valence-corrected chi connectivity index (χ0v) is 9.05. The Morgan fingerprint density at radius 1 is 1.38 bits per heavy atom. The van der Waals surface area contributed by atoms with E-state index in [2.05, 4.69) is 4.98 Å². The topological polar surface area (TPSA) is 60.9 Å². The molecule has 0 aliphatic rings. The van der Waals surface area contributed by atoms with Crippen molar-refractivity contribution in [1.29, 1.82) is 0 Å². The van der Waals surface area contributed by atoms with Crippen LogP contribution in [0.15, 0.2) is 36.7 Å². The summed E-state index contributed by atoms with van der Waals surface area (Å²) < 4.78 is 1.82. The molecule has 0 bridgehead atoms. The second-order valence-corrected chi connectivity index (χ2v) is 3.49. The van der Waals surface area contributed by atoms with E-state index >= 15 is 0 Å². The third-order valence-electron chi connectivity index (χ3n) is 2.43. The number of anilines is 1. The second-order valence-electron chi connectivity index (χ2n) is 3.49. The molecular formula is C12H13N3O. The van der Waals surface area contributed by atoms with Crippen molar-refractivity contribution in [3.05, 3.63) is 48.0 Å². The van der Waals surface area contributed by atoms with Crippen LogP contribution in [0.4, 0.5) is 5.69 Å². The molecule has 1 aromatic carbocycles. The van der Waals surface area contributed by atoms with Crippen molar-refractivity contribution in [2.75, 3.05) is 5.73 Å². The number of benzene rings is 1. The van der Waals surface area contributed by atoms with Gasteiger partial charge in [-0.2, -0.15) is 0 Å². The largest absolute Gasteiger partial charge is 0.399 e. The van der Waals surface area contributed by atoms with Gasteiger partial charge in [0.2, 0.25) is 5.78 Å². The van der Waals surface area contributed by atoms with Gasteiger partial charge in [-0.1, -0.05) is 0 Å². The predicted octanol–water partition coefficient (Wildman–Crippen LogP) is 1.72. The summed E-state index contributed by atoms with van der Waals surface area (Å²) in [6, 6.07) is 6.86. The highest BCUT2D eigenvalue weighted by atomic mass is 16.1. The molecule has 0 amide bonds. The number of hydrogen-bond donors (Lipinski definition) is 1. The monoisotopic (exact) mass is 215 g/mol. The van der Waals surface area contributed by atoms with E-state index in [4.69, 9.17) is 5.73 Å². The van der Waals surface area contributed by atoms with Crippen molar-refractivity contribution in [1.82, 2.24) is 9.55 Å². The molecule has 0 saturated carbocycles. The van der Waals surface area contributed by atoms with Crippen molar-refractivity contribution >= 4 is 11.5 Å². The molecule has 1 heterocycles. The lowest BCUT2D eigenvalue weighted by molar-refractivity contribution is 0.102. The summed E-state index contributed by atoms with van der Waals surface area (Å²) in [4.78, 5) is 16.1. The van der Waals surface area contributed by atoms with Crippen LogP contribution in [-0.2, 0) is 6.54 Å². The van der Waals surface area contributed by atoms with E-state index in [1.54, 1.807) is 36.7 Å². The molecule has 82 valence electrons. The van der Waals surface area contributed by atoms with Crippen molar-refractivity contribution in [2.24, 2.45) is 0 Å². The molecule has 0 atom stereocenters. The van der Waals surface area contributed by atoms with Crippen molar-refractivity contribution < 1.29 is 4.79 Å². The molecule has 2 N–H and O–H groups in total. The van der Waals surface area contributed by atoms with Gasteiger partial charge in [0.05, 0.1) is 0 Å². The minimum Gasteiger partial charge on any atom is -0.399 e. The number of carbonyl (C=O) groups is 1. The van der Waals surface area contributed by atoms with E-state index < -0.39 is 0 Å². The molecule has 0 spiro atoms. The molecule has 0 saturated heterocycles. The summed E-state index contributed by atoms with van der Waals surface area (Å²) >= 11 is 0. The molecule has 2 rings (SSSR count). The number of hydrogen-bond acceptors (Lipinski definition) is 3. The van der Waals surface area contributed by atoms with E-state index in [-0.39, 0.29) is 5.78 Å². The highest BCUT2D eigenvalue weighted by Gasteiger charge is 2.13. The molecular weight excluding hydrogens is 202 g/mol. The van der Waals surface area contributed by atoms with Crippen LogP contribution in [0.25, 0.3) is 0 Å². The van der Waals surface area contributed by atoms with Gasteiger partial charge in [-0.25, -0.2) is 4.98 Å². The zero-order valence-electron chi connectivity index (χ0n) is 9.05. The Balaban J connectivity index is 2.35. The third-order valence-corrected chi connectivity index (χ3v) is 2.43. The molecule has 0 radical (unpaired) electrons. The summed E-state index contributed by atoms with van der Waals surface area (Å²) in [7, 11) is 0. The van der Waals surface area contributed by atoms with Crippen LogP contribution in [0, 0.1) is 0 Å². The quantitative estimate of drug-likeness (QED) is 0.626. The lowest BCUT2D eigenvalue weighted by atomic mass is 10.1. The first kappa shape index (κ1) is 10.4. The highest BCUT2D eigenvalue weighted by Crippen LogP contribution is 2.10. The smallest absolute Gasteiger partial charge is 0.228 e. The van der Waals surface area contributed by atoms with Gasteiger partial charge in [-0.15, -0.1) is 0 Å². The van der Waals surface area contributed by atoms with Gasteiger partial charge >= 0.3 is 0 Å². The molecule has 16 heavy (non-hydrogen) atoms. The first-order chi connectivity index (χ1) is 7.72. The van der Waals surface area contributed by atoms with Crippen LogP contribution in [-0.4, -0.2) is 15.3 Å². The Morgan fingerprint density at radius 3 is 2.69 bits per heavy atom. The maximum absolute atomic E-state index is 12.1. The number of nitrogens with two attached hydrogens (primary N) is 1. The molecule has 4 nitrogen and oxygen atoms in total. The number of aromatic nitrogens is 2. The summed E-state index contributed by atoms with van der Waals surface area (Å²) in [6.45, 7) is 2.71. The molecule has 1 aromatic heterocycles. The van der Waals surface area contributed by atoms with Gasteiger partial charge < -0.3 is 10.3 Å². The Kier molecular flexibility index (Phi) is 2.72.